The molecule has 3 heteroatoms. The predicted octanol–water partition coefficient (Wildman–Crippen LogP) is 2.64. The summed E-state index contributed by atoms with van der Waals surface area (Å²) in [6.07, 6.45) is 1.27. The minimum absolute atomic E-state index is 0.509. The van der Waals surface area contributed by atoms with Gasteiger partial charge in [0.05, 0.1) is 0 Å². The molecule has 2 N–H and O–H groups in total. The van der Waals surface area contributed by atoms with Crippen LogP contribution in [0.25, 0.3) is 0 Å². The summed E-state index contributed by atoms with van der Waals surface area (Å²) in [6, 6.07) is 6.18. The summed E-state index contributed by atoms with van der Waals surface area (Å²) in [5.41, 5.74) is 7.82. The molecular formula is C12H17ClN2. The number of anilines is 1. The molecule has 82 valence electrons. The minimum Gasteiger partial charge on any atom is -0.371 e. The summed E-state index contributed by atoms with van der Waals surface area (Å²) in [7, 11) is 0. The summed E-state index contributed by atoms with van der Waals surface area (Å²) in [5, 5.41) is 0.787. The van der Waals surface area contributed by atoms with E-state index in [1.165, 1.54) is 12.1 Å². The Balaban J connectivity index is 2.19. The van der Waals surface area contributed by atoms with Crippen LogP contribution in [-0.4, -0.2) is 13.1 Å². The minimum atomic E-state index is 0.509. The Kier molecular flexibility index (Phi) is 3.17. The Labute approximate surface area is 96.0 Å². The normalized spacial score (nSPS) is 21.0. The van der Waals surface area contributed by atoms with Crippen molar-refractivity contribution in [1.82, 2.24) is 0 Å². The highest BCUT2D eigenvalue weighted by atomic mass is 35.5. The van der Waals surface area contributed by atoms with Crippen LogP contribution in [0.4, 0.5) is 5.69 Å². The second kappa shape index (κ2) is 4.42. The first kappa shape index (κ1) is 10.8. The zero-order valence-electron chi connectivity index (χ0n) is 9.04. The Morgan fingerprint density at radius 3 is 2.87 bits per heavy atom. The van der Waals surface area contributed by atoms with Crippen molar-refractivity contribution in [1.29, 1.82) is 0 Å². The largest absolute Gasteiger partial charge is 0.371 e. The van der Waals surface area contributed by atoms with Crippen LogP contribution >= 0.6 is 11.6 Å². The summed E-state index contributed by atoms with van der Waals surface area (Å²) in [6.45, 7) is 5.07. The van der Waals surface area contributed by atoms with Crippen LogP contribution in [0.5, 0.6) is 0 Å². The van der Waals surface area contributed by atoms with Gasteiger partial charge in [0.25, 0.3) is 0 Å². The van der Waals surface area contributed by atoms with E-state index in [2.05, 4.69) is 17.9 Å². The van der Waals surface area contributed by atoms with Gasteiger partial charge in [0, 0.05) is 30.3 Å². The van der Waals surface area contributed by atoms with Gasteiger partial charge in [-0.2, -0.15) is 0 Å². The van der Waals surface area contributed by atoms with Crippen molar-refractivity contribution >= 4 is 17.3 Å². The van der Waals surface area contributed by atoms with Crippen molar-refractivity contribution in [2.24, 2.45) is 11.7 Å². The third kappa shape index (κ3) is 2.27. The number of nitrogens with zero attached hydrogens (tertiary/aromatic N) is 1. The van der Waals surface area contributed by atoms with Gasteiger partial charge < -0.3 is 10.6 Å². The van der Waals surface area contributed by atoms with E-state index < -0.39 is 0 Å². The monoisotopic (exact) mass is 224 g/mol. The number of hydrogen-bond donors (Lipinski definition) is 1. The van der Waals surface area contributed by atoms with E-state index in [9.17, 15) is 0 Å². The van der Waals surface area contributed by atoms with Crippen molar-refractivity contribution in [3.63, 3.8) is 0 Å². The molecule has 0 radical (unpaired) electrons. The fourth-order valence-electron chi connectivity index (χ4n) is 2.07. The molecule has 0 amide bonds. The summed E-state index contributed by atoms with van der Waals surface area (Å²) >= 11 is 6.14. The molecule has 2 rings (SSSR count). The molecule has 1 aromatic carbocycles. The van der Waals surface area contributed by atoms with E-state index in [1.807, 2.05) is 12.1 Å². The lowest BCUT2D eigenvalue weighted by atomic mass is 10.2. The third-order valence-electron chi connectivity index (χ3n) is 3.05. The maximum Gasteiger partial charge on any atom is 0.0471 e. The molecule has 0 saturated carbocycles. The van der Waals surface area contributed by atoms with Gasteiger partial charge in [0.2, 0.25) is 0 Å². The van der Waals surface area contributed by atoms with Crippen LogP contribution in [0.3, 0.4) is 0 Å². The Bertz CT molecular complexity index is 351. The second-order valence-corrected chi connectivity index (χ2v) is 4.73. The topological polar surface area (TPSA) is 29.3 Å². The fourth-order valence-corrected chi connectivity index (χ4v) is 2.32. The quantitative estimate of drug-likeness (QED) is 0.837. The first-order valence-corrected chi connectivity index (χ1v) is 5.82. The SMILES string of the molecule is CC1CCN(c2ccc(CN)c(Cl)c2)C1. The van der Waals surface area contributed by atoms with Crippen LogP contribution in [0.15, 0.2) is 18.2 Å². The van der Waals surface area contributed by atoms with Gasteiger partial charge in [0.1, 0.15) is 0 Å². The predicted molar refractivity (Wildman–Crippen MR) is 65.3 cm³/mol. The van der Waals surface area contributed by atoms with Crippen LogP contribution in [0.2, 0.25) is 5.02 Å². The van der Waals surface area contributed by atoms with Crippen molar-refractivity contribution in [3.8, 4) is 0 Å². The number of benzene rings is 1. The number of hydrogen-bond acceptors (Lipinski definition) is 2. The van der Waals surface area contributed by atoms with Gasteiger partial charge in [-0.15, -0.1) is 0 Å². The average molecular weight is 225 g/mol. The van der Waals surface area contributed by atoms with Crippen molar-refractivity contribution in [2.45, 2.75) is 19.9 Å². The van der Waals surface area contributed by atoms with E-state index >= 15 is 0 Å². The number of nitrogens with two attached hydrogens (primary N) is 1. The molecule has 1 aliphatic heterocycles. The molecule has 0 bridgehead atoms. The zero-order valence-corrected chi connectivity index (χ0v) is 9.80. The van der Waals surface area contributed by atoms with Gasteiger partial charge in [-0.3, -0.25) is 0 Å². The molecule has 15 heavy (non-hydrogen) atoms. The standard InChI is InChI=1S/C12H17ClN2/c1-9-4-5-15(8-9)11-3-2-10(7-14)12(13)6-11/h2-3,6,9H,4-5,7-8,14H2,1H3. The molecule has 1 saturated heterocycles. The highest BCUT2D eigenvalue weighted by Crippen LogP contribution is 2.27. The molecule has 1 heterocycles. The van der Waals surface area contributed by atoms with Gasteiger partial charge in [0.15, 0.2) is 0 Å². The first-order chi connectivity index (χ1) is 7.20. The van der Waals surface area contributed by atoms with Crippen LogP contribution in [0, 0.1) is 5.92 Å². The van der Waals surface area contributed by atoms with Gasteiger partial charge >= 0.3 is 0 Å². The number of halogens is 1. The lowest BCUT2D eigenvalue weighted by Crippen LogP contribution is -2.19. The second-order valence-electron chi connectivity index (χ2n) is 4.32. The Morgan fingerprint density at radius 2 is 2.33 bits per heavy atom. The molecule has 1 aliphatic rings. The average Bonchev–Trinajstić information content (AvgIpc) is 2.65. The van der Waals surface area contributed by atoms with Gasteiger partial charge in [-0.05, 0) is 30.0 Å². The van der Waals surface area contributed by atoms with E-state index in [4.69, 9.17) is 17.3 Å². The molecule has 1 fully saturated rings. The maximum absolute atomic E-state index is 6.14. The van der Waals surface area contributed by atoms with Gasteiger partial charge in [-0.25, -0.2) is 0 Å². The molecular weight excluding hydrogens is 208 g/mol. The highest BCUT2D eigenvalue weighted by Gasteiger charge is 2.19. The van der Waals surface area contributed by atoms with Crippen LogP contribution in [0.1, 0.15) is 18.9 Å². The lowest BCUT2D eigenvalue weighted by molar-refractivity contribution is 0.659. The summed E-state index contributed by atoms with van der Waals surface area (Å²) in [4.78, 5) is 2.39. The molecule has 0 aromatic heterocycles. The Hall–Kier alpha value is -0.730. The van der Waals surface area contributed by atoms with E-state index in [-0.39, 0.29) is 0 Å². The molecule has 1 unspecified atom stereocenters. The molecule has 1 atom stereocenters. The zero-order chi connectivity index (χ0) is 10.8. The van der Waals surface area contributed by atoms with E-state index in [1.54, 1.807) is 0 Å². The Morgan fingerprint density at radius 1 is 1.53 bits per heavy atom. The maximum atomic E-state index is 6.14. The van der Waals surface area contributed by atoms with Crippen LogP contribution in [-0.2, 0) is 6.54 Å². The molecule has 2 nitrogen and oxygen atoms in total. The van der Waals surface area contributed by atoms with E-state index in [0.717, 1.165) is 29.6 Å². The smallest absolute Gasteiger partial charge is 0.0471 e. The first-order valence-electron chi connectivity index (χ1n) is 5.44. The fraction of sp³-hybridized carbons (Fsp3) is 0.500. The third-order valence-corrected chi connectivity index (χ3v) is 3.40. The van der Waals surface area contributed by atoms with Crippen molar-refractivity contribution in [3.05, 3.63) is 28.8 Å². The van der Waals surface area contributed by atoms with E-state index in [0.29, 0.717) is 6.54 Å². The highest BCUT2D eigenvalue weighted by molar-refractivity contribution is 6.31. The lowest BCUT2D eigenvalue weighted by Gasteiger charge is -2.19. The molecule has 1 aromatic rings. The summed E-state index contributed by atoms with van der Waals surface area (Å²) < 4.78 is 0. The number of rotatable bonds is 2. The molecule has 0 aliphatic carbocycles. The summed E-state index contributed by atoms with van der Waals surface area (Å²) in [5.74, 6) is 0.790. The van der Waals surface area contributed by atoms with Crippen molar-refractivity contribution in [2.75, 3.05) is 18.0 Å². The molecule has 0 spiro atoms. The van der Waals surface area contributed by atoms with Crippen molar-refractivity contribution < 1.29 is 0 Å². The van der Waals surface area contributed by atoms with Crippen LogP contribution < -0.4 is 10.6 Å². The van der Waals surface area contributed by atoms with Gasteiger partial charge in [-0.1, -0.05) is 24.6 Å².